The first-order valence-electron chi connectivity index (χ1n) is 5.84. The maximum Gasteiger partial charge on any atom is 0.287 e. The molecule has 1 N–H and O–H groups in total. The lowest BCUT2D eigenvalue weighted by Crippen LogP contribution is -2.22. The van der Waals surface area contributed by atoms with Gasteiger partial charge in [0.2, 0.25) is 0 Å². The number of fused-ring (bicyclic) bond motifs is 1. The van der Waals surface area contributed by atoms with E-state index in [4.69, 9.17) is 4.42 Å². The molecule has 0 aliphatic heterocycles. The predicted octanol–water partition coefficient (Wildman–Crippen LogP) is 2.15. The molecule has 1 amide bonds. The Hall–Kier alpha value is -2.69. The van der Waals surface area contributed by atoms with Gasteiger partial charge >= 0.3 is 0 Å². The smallest absolute Gasteiger partial charge is 0.287 e. The van der Waals surface area contributed by atoms with Crippen molar-refractivity contribution in [1.29, 1.82) is 0 Å². The van der Waals surface area contributed by atoms with Gasteiger partial charge in [-0.1, -0.05) is 6.07 Å². The lowest BCUT2D eigenvalue weighted by molar-refractivity contribution is 0.0925. The monoisotopic (exact) mass is 253 g/mol. The fourth-order valence-electron chi connectivity index (χ4n) is 1.75. The van der Waals surface area contributed by atoms with Crippen molar-refractivity contribution in [1.82, 2.24) is 15.3 Å². The number of nitrogens with one attached hydrogen (secondary N) is 1. The minimum absolute atomic E-state index is 0.262. The molecule has 0 fully saturated rings. The van der Waals surface area contributed by atoms with E-state index in [-0.39, 0.29) is 11.7 Å². The minimum Gasteiger partial charge on any atom is -0.449 e. The lowest BCUT2D eigenvalue weighted by Gasteiger charge is -2.02. The molecule has 3 aromatic rings. The maximum atomic E-state index is 11.9. The predicted molar refractivity (Wildman–Crippen MR) is 69.4 cm³/mol. The summed E-state index contributed by atoms with van der Waals surface area (Å²) in [4.78, 5) is 20.0. The molecule has 0 radical (unpaired) electrons. The zero-order valence-electron chi connectivity index (χ0n) is 10.0. The van der Waals surface area contributed by atoms with Crippen LogP contribution < -0.4 is 5.32 Å². The highest BCUT2D eigenvalue weighted by Gasteiger charge is 2.12. The van der Waals surface area contributed by atoms with E-state index >= 15 is 0 Å². The highest BCUT2D eigenvalue weighted by atomic mass is 16.3. The summed E-state index contributed by atoms with van der Waals surface area (Å²) in [6, 6.07) is 8.90. The summed E-state index contributed by atoms with van der Waals surface area (Å²) in [7, 11) is 0. The summed E-state index contributed by atoms with van der Waals surface area (Å²) >= 11 is 0. The molecule has 19 heavy (non-hydrogen) atoms. The van der Waals surface area contributed by atoms with E-state index in [1.807, 2.05) is 12.1 Å². The van der Waals surface area contributed by atoms with Gasteiger partial charge in [-0.3, -0.25) is 14.8 Å². The van der Waals surface area contributed by atoms with Crippen LogP contribution in [0.2, 0.25) is 0 Å². The molecule has 0 bridgehead atoms. The van der Waals surface area contributed by atoms with Crippen LogP contribution in [0.15, 0.2) is 53.3 Å². The molecule has 94 valence electrons. The topological polar surface area (TPSA) is 68.0 Å². The van der Waals surface area contributed by atoms with E-state index in [0.29, 0.717) is 17.6 Å². The fraction of sp³-hybridized carbons (Fsp3) is 0.0714. The molecule has 0 aromatic carbocycles. The Morgan fingerprint density at radius 3 is 2.95 bits per heavy atom. The van der Waals surface area contributed by atoms with E-state index in [2.05, 4.69) is 15.3 Å². The summed E-state index contributed by atoms with van der Waals surface area (Å²) in [5.41, 5.74) is 2.22. The first-order valence-corrected chi connectivity index (χ1v) is 5.84. The number of hydrogen-bond donors (Lipinski definition) is 1. The molecule has 0 saturated carbocycles. The zero-order chi connectivity index (χ0) is 13.1. The first-order chi connectivity index (χ1) is 9.33. The third kappa shape index (κ3) is 2.44. The molecule has 5 heteroatoms. The lowest BCUT2D eigenvalue weighted by atomic mass is 10.3. The normalized spacial score (nSPS) is 10.5. The van der Waals surface area contributed by atoms with Gasteiger partial charge in [0, 0.05) is 31.2 Å². The number of rotatable bonds is 3. The second-order valence-electron chi connectivity index (χ2n) is 4.04. The van der Waals surface area contributed by atoms with Crippen molar-refractivity contribution in [3.8, 4) is 0 Å². The SMILES string of the molecule is O=C(NCc1cccnc1)c1cc2ncccc2o1. The van der Waals surface area contributed by atoms with E-state index in [9.17, 15) is 4.79 Å². The Balaban J connectivity index is 1.73. The molecule has 0 atom stereocenters. The van der Waals surface area contributed by atoms with Crippen LogP contribution in [0.4, 0.5) is 0 Å². The average Bonchev–Trinajstić information content (AvgIpc) is 2.90. The van der Waals surface area contributed by atoms with Gasteiger partial charge in [-0.25, -0.2) is 0 Å². The number of furan rings is 1. The van der Waals surface area contributed by atoms with E-state index < -0.39 is 0 Å². The maximum absolute atomic E-state index is 11.9. The summed E-state index contributed by atoms with van der Waals surface area (Å²) in [5, 5.41) is 2.78. The Bertz CT molecular complexity index is 674. The van der Waals surface area contributed by atoms with Gasteiger partial charge in [0.15, 0.2) is 11.3 Å². The molecular weight excluding hydrogens is 242 g/mol. The van der Waals surface area contributed by atoms with Gasteiger partial charge in [-0.2, -0.15) is 0 Å². The van der Waals surface area contributed by atoms with Gasteiger partial charge in [-0.05, 0) is 23.8 Å². The quantitative estimate of drug-likeness (QED) is 0.776. The van der Waals surface area contributed by atoms with Crippen LogP contribution in [0.3, 0.4) is 0 Å². The highest BCUT2D eigenvalue weighted by molar-refractivity contribution is 5.95. The standard InChI is InChI=1S/C14H11N3O2/c18-14(17-9-10-3-1-5-15-8-10)13-7-11-12(19-13)4-2-6-16-11/h1-8H,9H2,(H,17,18). The van der Waals surface area contributed by atoms with Crippen molar-refractivity contribution in [2.24, 2.45) is 0 Å². The molecule has 0 aliphatic carbocycles. The van der Waals surface area contributed by atoms with Gasteiger partial charge in [0.25, 0.3) is 5.91 Å². The molecule has 0 spiro atoms. The van der Waals surface area contributed by atoms with Crippen molar-refractivity contribution < 1.29 is 9.21 Å². The van der Waals surface area contributed by atoms with Crippen LogP contribution in [-0.4, -0.2) is 15.9 Å². The van der Waals surface area contributed by atoms with Crippen LogP contribution in [0.5, 0.6) is 0 Å². The third-order valence-electron chi connectivity index (χ3n) is 2.69. The van der Waals surface area contributed by atoms with Crippen LogP contribution in [0.1, 0.15) is 16.1 Å². The first kappa shape index (κ1) is 11.4. The number of amides is 1. The number of hydrogen-bond acceptors (Lipinski definition) is 4. The molecular formula is C14H11N3O2. The van der Waals surface area contributed by atoms with Crippen molar-refractivity contribution >= 4 is 17.0 Å². The van der Waals surface area contributed by atoms with Gasteiger partial charge in [0.05, 0.1) is 0 Å². The largest absolute Gasteiger partial charge is 0.449 e. The minimum atomic E-state index is -0.262. The molecule has 3 aromatic heterocycles. The van der Waals surface area contributed by atoms with Gasteiger partial charge in [0.1, 0.15) is 5.52 Å². The van der Waals surface area contributed by atoms with Crippen LogP contribution >= 0.6 is 0 Å². The molecule has 0 saturated heterocycles. The molecule has 3 heterocycles. The van der Waals surface area contributed by atoms with Crippen molar-refractivity contribution in [3.63, 3.8) is 0 Å². The Kier molecular flexibility index (Phi) is 2.94. The summed E-state index contributed by atoms with van der Waals surface area (Å²) in [5.74, 6) is -0.000515. The second-order valence-corrected chi connectivity index (χ2v) is 4.04. The summed E-state index contributed by atoms with van der Waals surface area (Å²) < 4.78 is 5.43. The van der Waals surface area contributed by atoms with E-state index in [0.717, 1.165) is 5.56 Å². The number of carbonyl (C=O) groups excluding carboxylic acids is 1. The molecule has 3 rings (SSSR count). The van der Waals surface area contributed by atoms with Crippen molar-refractivity contribution in [3.05, 3.63) is 60.2 Å². The molecule has 0 aliphatic rings. The summed E-state index contributed by atoms with van der Waals surface area (Å²) in [6.45, 7) is 0.414. The number of pyridine rings is 2. The summed E-state index contributed by atoms with van der Waals surface area (Å²) in [6.07, 6.45) is 5.06. The second kappa shape index (κ2) is 4.89. The highest BCUT2D eigenvalue weighted by Crippen LogP contribution is 2.16. The number of aromatic nitrogens is 2. The molecule has 0 unspecified atom stereocenters. The van der Waals surface area contributed by atoms with Gasteiger partial charge in [-0.15, -0.1) is 0 Å². The fourth-order valence-corrected chi connectivity index (χ4v) is 1.75. The average molecular weight is 253 g/mol. The van der Waals surface area contributed by atoms with E-state index in [1.165, 1.54) is 0 Å². The Labute approximate surface area is 109 Å². The van der Waals surface area contributed by atoms with E-state index in [1.54, 1.807) is 36.8 Å². The van der Waals surface area contributed by atoms with Crippen LogP contribution in [-0.2, 0) is 6.54 Å². The van der Waals surface area contributed by atoms with Crippen molar-refractivity contribution in [2.75, 3.05) is 0 Å². The Morgan fingerprint density at radius 1 is 1.26 bits per heavy atom. The van der Waals surface area contributed by atoms with Crippen LogP contribution in [0.25, 0.3) is 11.1 Å². The van der Waals surface area contributed by atoms with Gasteiger partial charge < -0.3 is 9.73 Å². The number of nitrogens with zero attached hydrogens (tertiary/aromatic N) is 2. The van der Waals surface area contributed by atoms with Crippen LogP contribution in [0, 0.1) is 0 Å². The zero-order valence-corrected chi connectivity index (χ0v) is 10.0. The number of carbonyl (C=O) groups is 1. The van der Waals surface area contributed by atoms with Crippen molar-refractivity contribution in [2.45, 2.75) is 6.54 Å². The molecule has 5 nitrogen and oxygen atoms in total. The third-order valence-corrected chi connectivity index (χ3v) is 2.69. The Morgan fingerprint density at radius 2 is 2.16 bits per heavy atom.